The number of carbonyl (C=O) groups excluding carboxylic acids is 3. The molecule has 0 bridgehead atoms. The molecule has 0 N–H and O–H groups in total. The van der Waals surface area contributed by atoms with Crippen LogP contribution < -0.4 is 14.2 Å². The summed E-state index contributed by atoms with van der Waals surface area (Å²) < 4.78 is 21.5. The molecule has 35 heavy (non-hydrogen) atoms. The molecule has 0 saturated carbocycles. The van der Waals surface area contributed by atoms with Gasteiger partial charge in [-0.1, -0.05) is 26.8 Å². The van der Waals surface area contributed by atoms with E-state index in [1.807, 2.05) is 52.8 Å². The second kappa shape index (κ2) is 12.3. The number of hydrogen-bond acceptors (Lipinski definition) is 8. The zero-order valence-corrected chi connectivity index (χ0v) is 21.7. The fourth-order valence-corrected chi connectivity index (χ4v) is 3.83. The molecule has 0 aliphatic carbocycles. The SMILES string of the molecule is COc1ccc([C@@H](C)[C@@H](C)OC(=O)[C@@H](CC(=O)c2nccc(OC)c2OC(C)=O)C(C)C)c(C)c1. The molecule has 0 fully saturated rings. The summed E-state index contributed by atoms with van der Waals surface area (Å²) in [7, 11) is 3.02. The average Bonchev–Trinajstić information content (AvgIpc) is 2.81. The predicted molar refractivity (Wildman–Crippen MR) is 131 cm³/mol. The summed E-state index contributed by atoms with van der Waals surface area (Å²) in [5, 5.41) is 0. The molecule has 2 aromatic rings. The number of ether oxygens (including phenoxy) is 4. The molecule has 8 nitrogen and oxygen atoms in total. The van der Waals surface area contributed by atoms with E-state index in [4.69, 9.17) is 18.9 Å². The van der Waals surface area contributed by atoms with Gasteiger partial charge in [-0.2, -0.15) is 0 Å². The van der Waals surface area contributed by atoms with Crippen molar-refractivity contribution in [3.05, 3.63) is 47.3 Å². The number of aryl methyl sites for hydroxylation is 1. The number of Topliss-reactive ketones (excluding diaryl/α,β-unsaturated/α-hetero) is 1. The van der Waals surface area contributed by atoms with Crippen LogP contribution in [-0.4, -0.2) is 43.0 Å². The summed E-state index contributed by atoms with van der Waals surface area (Å²) in [4.78, 5) is 41.9. The Kier molecular flexibility index (Phi) is 9.80. The first-order valence-electron chi connectivity index (χ1n) is 11.6. The number of rotatable bonds is 11. The molecule has 0 aliphatic heterocycles. The van der Waals surface area contributed by atoms with Crippen LogP contribution in [0.2, 0.25) is 0 Å². The van der Waals surface area contributed by atoms with Gasteiger partial charge in [-0.3, -0.25) is 14.4 Å². The molecule has 1 heterocycles. The van der Waals surface area contributed by atoms with E-state index in [9.17, 15) is 14.4 Å². The quantitative estimate of drug-likeness (QED) is 0.327. The van der Waals surface area contributed by atoms with Crippen molar-refractivity contribution in [2.75, 3.05) is 14.2 Å². The number of benzene rings is 1. The fourth-order valence-electron chi connectivity index (χ4n) is 3.83. The van der Waals surface area contributed by atoms with Crippen molar-refractivity contribution in [2.45, 2.75) is 60.0 Å². The average molecular weight is 486 g/mol. The van der Waals surface area contributed by atoms with Gasteiger partial charge in [0.2, 0.25) is 5.75 Å². The first-order valence-corrected chi connectivity index (χ1v) is 11.6. The van der Waals surface area contributed by atoms with Crippen LogP contribution >= 0.6 is 0 Å². The number of esters is 2. The molecular formula is C27H35NO7. The third-order valence-corrected chi connectivity index (χ3v) is 6.08. The highest BCUT2D eigenvalue weighted by Crippen LogP contribution is 2.33. The smallest absolute Gasteiger partial charge is 0.309 e. The van der Waals surface area contributed by atoms with E-state index in [0.717, 1.165) is 16.9 Å². The minimum absolute atomic E-state index is 0.0552. The van der Waals surface area contributed by atoms with Gasteiger partial charge in [0.15, 0.2) is 17.2 Å². The monoisotopic (exact) mass is 485 g/mol. The third kappa shape index (κ3) is 7.04. The van der Waals surface area contributed by atoms with Gasteiger partial charge in [-0.05, 0) is 43.0 Å². The summed E-state index contributed by atoms with van der Waals surface area (Å²) in [6.07, 6.45) is 0.827. The highest BCUT2D eigenvalue weighted by Gasteiger charge is 2.32. The van der Waals surface area contributed by atoms with Gasteiger partial charge in [0.1, 0.15) is 11.9 Å². The van der Waals surface area contributed by atoms with Gasteiger partial charge in [0, 0.05) is 31.5 Å². The van der Waals surface area contributed by atoms with Crippen molar-refractivity contribution < 1.29 is 33.3 Å². The van der Waals surface area contributed by atoms with Gasteiger partial charge in [0.05, 0.1) is 20.1 Å². The Morgan fingerprint density at radius 2 is 1.69 bits per heavy atom. The number of pyridine rings is 1. The molecule has 0 amide bonds. The lowest BCUT2D eigenvalue weighted by molar-refractivity contribution is -0.155. The van der Waals surface area contributed by atoms with Crippen LogP contribution in [0.15, 0.2) is 30.5 Å². The normalized spacial score (nSPS) is 13.5. The summed E-state index contributed by atoms with van der Waals surface area (Å²) in [6.45, 7) is 10.8. The Bertz CT molecular complexity index is 1060. The fraction of sp³-hybridized carbons (Fsp3) is 0.481. The zero-order chi connectivity index (χ0) is 26.3. The molecule has 0 aliphatic rings. The van der Waals surface area contributed by atoms with E-state index in [-0.39, 0.29) is 35.4 Å². The minimum atomic E-state index is -0.702. The predicted octanol–water partition coefficient (Wildman–Crippen LogP) is 4.91. The van der Waals surface area contributed by atoms with E-state index < -0.39 is 29.7 Å². The van der Waals surface area contributed by atoms with Gasteiger partial charge in [-0.15, -0.1) is 0 Å². The number of aromatic nitrogens is 1. The molecular weight excluding hydrogens is 450 g/mol. The maximum Gasteiger partial charge on any atom is 0.309 e. The maximum absolute atomic E-state index is 13.2. The van der Waals surface area contributed by atoms with E-state index in [0.29, 0.717) is 0 Å². The number of carbonyl (C=O) groups is 3. The Hall–Kier alpha value is -3.42. The molecule has 3 atom stereocenters. The number of methoxy groups -OCH3 is 2. The van der Waals surface area contributed by atoms with Gasteiger partial charge in [0.25, 0.3) is 0 Å². The summed E-state index contributed by atoms with van der Waals surface area (Å²) in [5.74, 6) is -1.53. The second-order valence-electron chi connectivity index (χ2n) is 8.92. The molecule has 0 saturated heterocycles. The lowest BCUT2D eigenvalue weighted by Crippen LogP contribution is -2.30. The van der Waals surface area contributed by atoms with Crippen LogP contribution in [0.1, 0.15) is 68.6 Å². The van der Waals surface area contributed by atoms with Crippen molar-refractivity contribution in [3.63, 3.8) is 0 Å². The summed E-state index contributed by atoms with van der Waals surface area (Å²) in [6, 6.07) is 7.29. The molecule has 1 aromatic heterocycles. The Morgan fingerprint density at radius 1 is 1.00 bits per heavy atom. The molecule has 0 spiro atoms. The van der Waals surface area contributed by atoms with Crippen molar-refractivity contribution in [1.82, 2.24) is 4.98 Å². The van der Waals surface area contributed by atoms with Gasteiger partial charge >= 0.3 is 11.9 Å². The largest absolute Gasteiger partial charge is 0.497 e. The standard InChI is InChI=1S/C27H35NO7/c1-15(2)22(14-23(30)25-26(35-19(6)29)24(33-8)11-12-28-25)27(31)34-18(5)17(4)21-10-9-20(32-7)13-16(21)3/h9-13,15,17-18,22H,14H2,1-8H3/t17-,18+,22-/m0/s1. The zero-order valence-electron chi connectivity index (χ0n) is 21.7. The lowest BCUT2D eigenvalue weighted by atomic mass is 9.89. The van der Waals surface area contributed by atoms with E-state index >= 15 is 0 Å². The van der Waals surface area contributed by atoms with Crippen molar-refractivity contribution in [2.24, 2.45) is 11.8 Å². The van der Waals surface area contributed by atoms with Crippen molar-refractivity contribution in [3.8, 4) is 17.2 Å². The van der Waals surface area contributed by atoms with Gasteiger partial charge in [-0.25, -0.2) is 4.98 Å². The van der Waals surface area contributed by atoms with E-state index in [1.54, 1.807) is 7.11 Å². The molecule has 0 radical (unpaired) electrons. The van der Waals surface area contributed by atoms with Crippen LogP contribution in [-0.2, 0) is 14.3 Å². The van der Waals surface area contributed by atoms with E-state index in [1.165, 1.54) is 26.3 Å². The number of hydrogen-bond donors (Lipinski definition) is 0. The minimum Gasteiger partial charge on any atom is -0.497 e. The van der Waals surface area contributed by atoms with Crippen molar-refractivity contribution in [1.29, 1.82) is 0 Å². The maximum atomic E-state index is 13.2. The van der Waals surface area contributed by atoms with Crippen molar-refractivity contribution >= 4 is 17.7 Å². The first-order chi connectivity index (χ1) is 16.5. The number of nitrogens with zero attached hydrogens (tertiary/aromatic N) is 1. The molecule has 0 unspecified atom stereocenters. The van der Waals surface area contributed by atoms with Crippen LogP contribution in [0.4, 0.5) is 0 Å². The second-order valence-corrected chi connectivity index (χ2v) is 8.92. The van der Waals surface area contributed by atoms with Crippen LogP contribution in [0, 0.1) is 18.8 Å². The van der Waals surface area contributed by atoms with Gasteiger partial charge < -0.3 is 18.9 Å². The van der Waals surface area contributed by atoms with E-state index in [2.05, 4.69) is 4.98 Å². The third-order valence-electron chi connectivity index (χ3n) is 6.08. The molecule has 1 aromatic carbocycles. The molecule has 190 valence electrons. The lowest BCUT2D eigenvalue weighted by Gasteiger charge is -2.26. The number of ketones is 1. The Morgan fingerprint density at radius 3 is 2.23 bits per heavy atom. The van der Waals surface area contributed by atoms with Crippen LogP contribution in [0.25, 0.3) is 0 Å². The summed E-state index contributed by atoms with van der Waals surface area (Å²) >= 11 is 0. The van der Waals surface area contributed by atoms with Crippen LogP contribution in [0.5, 0.6) is 17.2 Å². The first kappa shape index (κ1) is 27.8. The Labute approximate surface area is 206 Å². The molecule has 8 heteroatoms. The highest BCUT2D eigenvalue weighted by molar-refractivity contribution is 6.00. The summed E-state index contributed by atoms with van der Waals surface area (Å²) in [5.41, 5.74) is 2.03. The topological polar surface area (TPSA) is 101 Å². The Balaban J connectivity index is 2.20. The molecule has 2 rings (SSSR count). The highest BCUT2D eigenvalue weighted by atomic mass is 16.6. The van der Waals surface area contributed by atoms with Crippen LogP contribution in [0.3, 0.4) is 0 Å².